The van der Waals surface area contributed by atoms with Gasteiger partial charge in [-0.05, 0) is 87.9 Å². The Labute approximate surface area is 259 Å². The number of nitrogens with one attached hydrogen (secondary N) is 1. The Morgan fingerprint density at radius 2 is 1.74 bits per heavy atom. The molecule has 9 heteroatoms. The van der Waals surface area contributed by atoms with E-state index in [4.69, 9.17) is 21.1 Å². The molecule has 0 radical (unpaired) electrons. The minimum Gasteiger partial charge on any atom is -0.456 e. The quantitative estimate of drug-likeness (QED) is 0.328. The normalized spacial score (nSPS) is 17.7. The highest BCUT2D eigenvalue weighted by Crippen LogP contribution is 2.37. The van der Waals surface area contributed by atoms with Gasteiger partial charge in [-0.3, -0.25) is 14.7 Å². The van der Waals surface area contributed by atoms with Crippen LogP contribution in [0.3, 0.4) is 0 Å². The number of hydrogen-bond donors (Lipinski definition) is 1. The fraction of sp³-hybridized carbons (Fsp3) is 0.441. The number of carbonyl (C=O) groups excluding carboxylic acids is 2. The summed E-state index contributed by atoms with van der Waals surface area (Å²) in [7, 11) is 0. The first-order valence-corrected chi connectivity index (χ1v) is 15.4. The van der Waals surface area contributed by atoms with E-state index < -0.39 is 11.0 Å². The van der Waals surface area contributed by atoms with Crippen molar-refractivity contribution in [3.63, 3.8) is 0 Å². The number of nitrogens with zero attached hydrogens (tertiary/aromatic N) is 3. The molecule has 2 saturated heterocycles. The van der Waals surface area contributed by atoms with Gasteiger partial charge in [0.1, 0.15) is 17.1 Å². The first-order chi connectivity index (χ1) is 20.6. The van der Waals surface area contributed by atoms with Crippen molar-refractivity contribution in [1.82, 2.24) is 20.1 Å². The second-order valence-corrected chi connectivity index (χ2v) is 12.9. The molecule has 2 fully saturated rings. The number of piperidine rings is 2. The number of hydrogen-bond acceptors (Lipinski definition) is 6. The number of rotatable bonds is 7. The molecule has 2 aliphatic rings. The summed E-state index contributed by atoms with van der Waals surface area (Å²) in [5.41, 5.74) is 0.771. The van der Waals surface area contributed by atoms with Gasteiger partial charge >= 0.3 is 6.09 Å². The van der Waals surface area contributed by atoms with Crippen molar-refractivity contribution < 1.29 is 19.1 Å². The van der Waals surface area contributed by atoms with Gasteiger partial charge in [-0.2, -0.15) is 0 Å². The molecule has 228 valence electrons. The molecule has 43 heavy (non-hydrogen) atoms. The molecule has 0 atom stereocenters. The second kappa shape index (κ2) is 13.3. The minimum absolute atomic E-state index is 0.0206. The average molecular weight is 605 g/mol. The van der Waals surface area contributed by atoms with E-state index in [-0.39, 0.29) is 18.0 Å². The van der Waals surface area contributed by atoms with Gasteiger partial charge in [0, 0.05) is 51.2 Å². The third kappa shape index (κ3) is 7.86. The Balaban J connectivity index is 1.17. The van der Waals surface area contributed by atoms with Crippen molar-refractivity contribution in [2.24, 2.45) is 0 Å². The summed E-state index contributed by atoms with van der Waals surface area (Å²) >= 11 is 6.26. The van der Waals surface area contributed by atoms with E-state index in [1.807, 2.05) is 69.3 Å². The molecule has 1 aromatic heterocycles. The van der Waals surface area contributed by atoms with Gasteiger partial charge in [0.2, 0.25) is 5.91 Å². The number of aromatic nitrogens is 1. The van der Waals surface area contributed by atoms with E-state index >= 15 is 0 Å². The first-order valence-electron chi connectivity index (χ1n) is 15.0. The fourth-order valence-corrected chi connectivity index (χ4v) is 6.04. The van der Waals surface area contributed by atoms with Crippen LogP contribution in [0.15, 0.2) is 73.1 Å². The van der Waals surface area contributed by atoms with Crippen LogP contribution in [0.1, 0.15) is 57.6 Å². The molecule has 3 heterocycles. The number of pyridine rings is 1. The molecule has 3 aromatic rings. The van der Waals surface area contributed by atoms with Crippen LogP contribution in [0.5, 0.6) is 11.5 Å². The van der Waals surface area contributed by atoms with E-state index in [0.717, 1.165) is 43.8 Å². The number of amides is 2. The number of ether oxygens (including phenoxy) is 2. The van der Waals surface area contributed by atoms with Crippen molar-refractivity contribution in [3.05, 3.63) is 89.2 Å². The summed E-state index contributed by atoms with van der Waals surface area (Å²) in [6.07, 6.45) is 5.96. The smallest absolute Gasteiger partial charge is 0.410 e. The number of carbonyl (C=O) groups is 2. The van der Waals surface area contributed by atoms with Gasteiger partial charge in [0.05, 0.1) is 10.4 Å². The zero-order valence-corrected chi connectivity index (χ0v) is 26.0. The van der Waals surface area contributed by atoms with Crippen LogP contribution >= 0.6 is 11.6 Å². The monoisotopic (exact) mass is 604 g/mol. The van der Waals surface area contributed by atoms with Crippen LogP contribution in [-0.4, -0.2) is 64.6 Å². The standard InChI is InChI=1S/C34H41ClN4O4/c1-33(2,3)43-32(41)39-20-15-34(16-21-39,26-9-7-17-36-23-26)31(40)37-27-13-18-38(19-14-27)24-25-8-6-10-28(22-25)42-30-12-5-4-11-29(30)35/h4-12,17,22-23,27H,13-16,18-21,24H2,1-3H3,(H,37,40). The summed E-state index contributed by atoms with van der Waals surface area (Å²) in [6.45, 7) is 9.06. The Morgan fingerprint density at radius 1 is 1.00 bits per heavy atom. The van der Waals surface area contributed by atoms with Crippen LogP contribution in [0, 0.1) is 0 Å². The summed E-state index contributed by atoms with van der Waals surface area (Å²) in [6, 6.07) is 19.5. The lowest BCUT2D eigenvalue weighted by molar-refractivity contribution is -0.129. The number of halogens is 1. The average Bonchev–Trinajstić information content (AvgIpc) is 2.99. The van der Waals surface area contributed by atoms with E-state index in [1.54, 1.807) is 17.3 Å². The van der Waals surface area contributed by atoms with Crippen molar-refractivity contribution in [2.45, 2.75) is 70.1 Å². The van der Waals surface area contributed by atoms with Gasteiger partial charge in [-0.15, -0.1) is 0 Å². The Morgan fingerprint density at radius 3 is 2.42 bits per heavy atom. The molecule has 0 bridgehead atoms. The van der Waals surface area contributed by atoms with E-state index in [1.165, 1.54) is 5.56 Å². The minimum atomic E-state index is -0.730. The highest BCUT2D eigenvalue weighted by atomic mass is 35.5. The SMILES string of the molecule is CC(C)(C)OC(=O)N1CCC(C(=O)NC2CCN(Cc3cccc(Oc4ccccc4Cl)c3)CC2)(c2cccnc2)CC1. The molecule has 2 aliphatic heterocycles. The fourth-order valence-electron chi connectivity index (χ4n) is 5.87. The largest absolute Gasteiger partial charge is 0.456 e. The van der Waals surface area contributed by atoms with Crippen LogP contribution in [0.2, 0.25) is 5.02 Å². The van der Waals surface area contributed by atoms with Crippen LogP contribution in [-0.2, 0) is 21.5 Å². The van der Waals surface area contributed by atoms with Crippen molar-refractivity contribution >= 4 is 23.6 Å². The molecule has 0 saturated carbocycles. The lowest BCUT2D eigenvalue weighted by atomic mass is 9.72. The van der Waals surface area contributed by atoms with E-state index in [2.05, 4.69) is 27.3 Å². The topological polar surface area (TPSA) is 84.0 Å². The molecule has 5 rings (SSSR count). The van der Waals surface area contributed by atoms with Crippen LogP contribution < -0.4 is 10.1 Å². The Bertz CT molecular complexity index is 1390. The Kier molecular flexibility index (Phi) is 9.57. The molecule has 2 amide bonds. The predicted octanol–water partition coefficient (Wildman–Crippen LogP) is 6.58. The lowest BCUT2D eigenvalue weighted by Gasteiger charge is -2.42. The van der Waals surface area contributed by atoms with Crippen molar-refractivity contribution in [2.75, 3.05) is 26.2 Å². The second-order valence-electron chi connectivity index (χ2n) is 12.5. The number of para-hydroxylation sites is 1. The zero-order chi connectivity index (χ0) is 30.5. The maximum Gasteiger partial charge on any atom is 0.410 e. The number of likely N-dealkylation sites (tertiary alicyclic amines) is 2. The zero-order valence-electron chi connectivity index (χ0n) is 25.2. The highest BCUT2D eigenvalue weighted by molar-refractivity contribution is 6.32. The number of benzene rings is 2. The van der Waals surface area contributed by atoms with Gasteiger partial charge in [-0.1, -0.05) is 41.9 Å². The van der Waals surface area contributed by atoms with E-state index in [0.29, 0.717) is 36.7 Å². The molecule has 2 aromatic carbocycles. The van der Waals surface area contributed by atoms with E-state index in [9.17, 15) is 9.59 Å². The summed E-state index contributed by atoms with van der Waals surface area (Å²) < 4.78 is 11.6. The van der Waals surface area contributed by atoms with Crippen LogP contribution in [0.25, 0.3) is 0 Å². The maximum atomic E-state index is 14.0. The van der Waals surface area contributed by atoms with Crippen molar-refractivity contribution in [3.8, 4) is 11.5 Å². The molecular formula is C34H41ClN4O4. The van der Waals surface area contributed by atoms with Crippen molar-refractivity contribution in [1.29, 1.82) is 0 Å². The van der Waals surface area contributed by atoms with Gasteiger partial charge < -0.3 is 19.7 Å². The van der Waals surface area contributed by atoms with Gasteiger partial charge in [-0.25, -0.2) is 4.79 Å². The lowest BCUT2D eigenvalue weighted by Crippen LogP contribution is -2.56. The third-order valence-electron chi connectivity index (χ3n) is 8.21. The Hall–Kier alpha value is -3.62. The third-order valence-corrected chi connectivity index (χ3v) is 8.52. The first kappa shape index (κ1) is 30.8. The van der Waals surface area contributed by atoms with Gasteiger partial charge in [0.25, 0.3) is 0 Å². The molecular weight excluding hydrogens is 564 g/mol. The van der Waals surface area contributed by atoms with Crippen LogP contribution in [0.4, 0.5) is 4.79 Å². The molecule has 1 N–H and O–H groups in total. The summed E-state index contributed by atoms with van der Waals surface area (Å²) in [5, 5.41) is 3.96. The molecule has 0 aliphatic carbocycles. The predicted molar refractivity (Wildman–Crippen MR) is 167 cm³/mol. The molecule has 0 unspecified atom stereocenters. The summed E-state index contributed by atoms with van der Waals surface area (Å²) in [5.74, 6) is 1.41. The maximum absolute atomic E-state index is 14.0. The molecule has 0 spiro atoms. The molecule has 8 nitrogen and oxygen atoms in total. The highest BCUT2D eigenvalue weighted by Gasteiger charge is 2.45. The van der Waals surface area contributed by atoms with Gasteiger partial charge in [0.15, 0.2) is 0 Å². The summed E-state index contributed by atoms with van der Waals surface area (Å²) in [4.78, 5) is 35.1.